The van der Waals surface area contributed by atoms with E-state index in [1.165, 1.54) is 17.0 Å². The molecule has 20 heavy (non-hydrogen) atoms. The fourth-order valence-electron chi connectivity index (χ4n) is 3.23. The summed E-state index contributed by atoms with van der Waals surface area (Å²) in [5.41, 5.74) is 3.77. The van der Waals surface area contributed by atoms with Gasteiger partial charge in [-0.05, 0) is 65.3 Å². The lowest BCUT2D eigenvalue weighted by Gasteiger charge is -2.21. The predicted octanol–water partition coefficient (Wildman–Crippen LogP) is 2.30. The molecule has 2 heterocycles. The summed E-state index contributed by atoms with van der Waals surface area (Å²) in [5.74, 6) is 0.394. The van der Waals surface area contributed by atoms with E-state index in [-0.39, 0.29) is 11.8 Å². The van der Waals surface area contributed by atoms with Crippen LogP contribution in [0.25, 0.3) is 0 Å². The van der Waals surface area contributed by atoms with Crippen molar-refractivity contribution in [1.82, 2.24) is 15.2 Å². The Labute approximate surface area is 121 Å². The zero-order chi connectivity index (χ0) is 14.7. The molecule has 1 aliphatic rings. The van der Waals surface area contributed by atoms with Gasteiger partial charge in [0.2, 0.25) is 5.91 Å². The highest BCUT2D eigenvalue weighted by Gasteiger charge is 2.21. The molecule has 0 atom stereocenters. The molecule has 4 nitrogen and oxygen atoms in total. The van der Waals surface area contributed by atoms with Gasteiger partial charge < -0.3 is 15.2 Å². The van der Waals surface area contributed by atoms with Crippen LogP contribution in [0.4, 0.5) is 0 Å². The standard InChI is InChI=1S/C16H27N3O/c1-11(2)19-12(3)9-15(13(19)4)10-18-16(20)14-5-7-17-8-6-14/h9,11,14,17H,5-8,10H2,1-4H3,(H,18,20). The number of amides is 1. The summed E-state index contributed by atoms with van der Waals surface area (Å²) in [6.45, 7) is 11.2. The smallest absolute Gasteiger partial charge is 0.223 e. The molecule has 2 N–H and O–H groups in total. The van der Waals surface area contributed by atoms with Crippen molar-refractivity contribution in [2.24, 2.45) is 5.92 Å². The number of hydrogen-bond acceptors (Lipinski definition) is 2. The Kier molecular flexibility index (Phi) is 4.86. The first-order chi connectivity index (χ1) is 9.50. The van der Waals surface area contributed by atoms with E-state index in [9.17, 15) is 4.79 Å². The zero-order valence-corrected chi connectivity index (χ0v) is 13.1. The van der Waals surface area contributed by atoms with Crippen LogP contribution in [0.1, 0.15) is 49.7 Å². The first kappa shape index (κ1) is 15.1. The monoisotopic (exact) mass is 277 g/mol. The number of nitrogens with zero attached hydrogens (tertiary/aromatic N) is 1. The van der Waals surface area contributed by atoms with E-state index >= 15 is 0 Å². The number of rotatable bonds is 4. The molecule has 1 saturated heterocycles. The predicted molar refractivity (Wildman–Crippen MR) is 81.7 cm³/mol. The Morgan fingerprint density at radius 3 is 2.60 bits per heavy atom. The number of hydrogen-bond donors (Lipinski definition) is 2. The molecule has 1 aromatic rings. The first-order valence-corrected chi connectivity index (χ1v) is 7.66. The molecule has 1 fully saturated rings. The average molecular weight is 277 g/mol. The van der Waals surface area contributed by atoms with Gasteiger partial charge in [-0.2, -0.15) is 0 Å². The van der Waals surface area contributed by atoms with E-state index in [0.29, 0.717) is 12.6 Å². The molecule has 0 aliphatic carbocycles. The van der Waals surface area contributed by atoms with Crippen LogP contribution in [-0.2, 0) is 11.3 Å². The SMILES string of the molecule is Cc1cc(CNC(=O)C2CCNCC2)c(C)n1C(C)C. The maximum absolute atomic E-state index is 12.2. The summed E-state index contributed by atoms with van der Waals surface area (Å²) in [5, 5.41) is 6.40. The number of piperidine rings is 1. The van der Waals surface area contributed by atoms with E-state index in [4.69, 9.17) is 0 Å². The Morgan fingerprint density at radius 1 is 1.40 bits per heavy atom. The van der Waals surface area contributed by atoms with Crippen molar-refractivity contribution in [2.75, 3.05) is 13.1 Å². The summed E-state index contributed by atoms with van der Waals surface area (Å²) in [7, 11) is 0. The van der Waals surface area contributed by atoms with Gasteiger partial charge in [0, 0.05) is 29.9 Å². The largest absolute Gasteiger partial charge is 0.352 e. The lowest BCUT2D eigenvalue weighted by atomic mass is 9.97. The molecule has 0 aromatic carbocycles. The van der Waals surface area contributed by atoms with Crippen molar-refractivity contribution in [2.45, 2.75) is 53.1 Å². The van der Waals surface area contributed by atoms with Gasteiger partial charge in [-0.25, -0.2) is 0 Å². The van der Waals surface area contributed by atoms with Crippen molar-refractivity contribution in [1.29, 1.82) is 0 Å². The molecule has 4 heteroatoms. The van der Waals surface area contributed by atoms with Crippen molar-refractivity contribution in [3.63, 3.8) is 0 Å². The quantitative estimate of drug-likeness (QED) is 0.887. The second kappa shape index (κ2) is 6.44. The van der Waals surface area contributed by atoms with Crippen molar-refractivity contribution in [3.05, 3.63) is 23.0 Å². The number of carbonyl (C=O) groups is 1. The second-order valence-corrected chi connectivity index (χ2v) is 6.10. The minimum absolute atomic E-state index is 0.185. The highest BCUT2D eigenvalue weighted by molar-refractivity contribution is 5.78. The van der Waals surface area contributed by atoms with E-state index in [0.717, 1.165) is 25.9 Å². The zero-order valence-electron chi connectivity index (χ0n) is 13.1. The maximum atomic E-state index is 12.2. The van der Waals surface area contributed by atoms with Crippen LogP contribution >= 0.6 is 0 Å². The Balaban J connectivity index is 1.97. The van der Waals surface area contributed by atoms with Crippen LogP contribution in [0, 0.1) is 19.8 Å². The third-order valence-electron chi connectivity index (χ3n) is 4.27. The lowest BCUT2D eigenvalue weighted by Crippen LogP contribution is -2.37. The Hall–Kier alpha value is -1.29. The highest BCUT2D eigenvalue weighted by atomic mass is 16.1. The molecule has 1 amide bonds. The van der Waals surface area contributed by atoms with Gasteiger partial charge in [0.15, 0.2) is 0 Å². The van der Waals surface area contributed by atoms with Crippen LogP contribution in [0.5, 0.6) is 0 Å². The molecule has 0 saturated carbocycles. The van der Waals surface area contributed by atoms with Gasteiger partial charge >= 0.3 is 0 Å². The number of nitrogens with one attached hydrogen (secondary N) is 2. The average Bonchev–Trinajstić information content (AvgIpc) is 2.71. The Bertz CT molecular complexity index is 470. The minimum Gasteiger partial charge on any atom is -0.352 e. The van der Waals surface area contributed by atoms with E-state index in [2.05, 4.69) is 49.0 Å². The van der Waals surface area contributed by atoms with Crippen LogP contribution < -0.4 is 10.6 Å². The van der Waals surface area contributed by atoms with Gasteiger partial charge in [-0.1, -0.05) is 0 Å². The van der Waals surface area contributed by atoms with Crippen molar-refractivity contribution >= 4 is 5.91 Å². The van der Waals surface area contributed by atoms with Gasteiger partial charge in [-0.3, -0.25) is 4.79 Å². The number of aromatic nitrogens is 1. The molecule has 0 bridgehead atoms. The molecule has 112 valence electrons. The van der Waals surface area contributed by atoms with Crippen molar-refractivity contribution in [3.8, 4) is 0 Å². The third-order valence-corrected chi connectivity index (χ3v) is 4.27. The minimum atomic E-state index is 0.185. The molecular formula is C16H27N3O. The van der Waals surface area contributed by atoms with Crippen LogP contribution in [0.3, 0.4) is 0 Å². The Morgan fingerprint density at radius 2 is 2.05 bits per heavy atom. The van der Waals surface area contributed by atoms with Crippen LogP contribution in [0.15, 0.2) is 6.07 Å². The maximum Gasteiger partial charge on any atom is 0.223 e. The molecule has 0 spiro atoms. The second-order valence-electron chi connectivity index (χ2n) is 6.10. The van der Waals surface area contributed by atoms with E-state index in [1.54, 1.807) is 0 Å². The van der Waals surface area contributed by atoms with Gasteiger partial charge in [0.25, 0.3) is 0 Å². The highest BCUT2D eigenvalue weighted by Crippen LogP contribution is 2.20. The van der Waals surface area contributed by atoms with Gasteiger partial charge in [0.05, 0.1) is 0 Å². The normalized spacial score (nSPS) is 16.6. The third kappa shape index (κ3) is 3.23. The molecule has 0 unspecified atom stereocenters. The first-order valence-electron chi connectivity index (χ1n) is 7.66. The van der Waals surface area contributed by atoms with Crippen LogP contribution in [-0.4, -0.2) is 23.6 Å². The van der Waals surface area contributed by atoms with E-state index in [1.807, 2.05) is 0 Å². The fourth-order valence-corrected chi connectivity index (χ4v) is 3.23. The molecule has 2 rings (SSSR count). The number of aryl methyl sites for hydroxylation is 1. The van der Waals surface area contributed by atoms with E-state index < -0.39 is 0 Å². The summed E-state index contributed by atoms with van der Waals surface area (Å²) in [4.78, 5) is 12.2. The summed E-state index contributed by atoms with van der Waals surface area (Å²) in [6.07, 6.45) is 1.91. The topological polar surface area (TPSA) is 46.1 Å². The fraction of sp³-hybridized carbons (Fsp3) is 0.688. The van der Waals surface area contributed by atoms with Gasteiger partial charge in [0.1, 0.15) is 0 Å². The molecule has 1 aliphatic heterocycles. The molecule has 0 radical (unpaired) electrons. The summed E-state index contributed by atoms with van der Waals surface area (Å²) in [6, 6.07) is 2.65. The summed E-state index contributed by atoms with van der Waals surface area (Å²) < 4.78 is 2.33. The van der Waals surface area contributed by atoms with Gasteiger partial charge in [-0.15, -0.1) is 0 Å². The van der Waals surface area contributed by atoms with Crippen LogP contribution in [0.2, 0.25) is 0 Å². The number of carbonyl (C=O) groups excluding carboxylic acids is 1. The van der Waals surface area contributed by atoms with Crippen molar-refractivity contribution < 1.29 is 4.79 Å². The summed E-state index contributed by atoms with van der Waals surface area (Å²) >= 11 is 0. The molecule has 1 aromatic heterocycles. The molecular weight excluding hydrogens is 250 g/mol. The lowest BCUT2D eigenvalue weighted by molar-refractivity contribution is -0.125.